The van der Waals surface area contributed by atoms with Gasteiger partial charge in [-0.25, -0.2) is 10.5 Å². The molecule has 6 heteroatoms. The minimum absolute atomic E-state index is 0.659. The normalized spacial score (nSPS) is 9.67. The maximum absolute atomic E-state index is 7.16. The molecule has 15 heavy (non-hydrogen) atoms. The van der Waals surface area contributed by atoms with Crippen molar-refractivity contribution in [2.75, 3.05) is 0 Å². The summed E-state index contributed by atoms with van der Waals surface area (Å²) < 4.78 is 0. The summed E-state index contributed by atoms with van der Waals surface area (Å²) in [5.41, 5.74) is 1.41. The van der Waals surface area contributed by atoms with E-state index in [0.29, 0.717) is 5.92 Å². The van der Waals surface area contributed by atoms with Crippen LogP contribution in [0.15, 0.2) is 30.3 Å². The Morgan fingerprint density at radius 3 is 1.67 bits per heavy atom. The van der Waals surface area contributed by atoms with Gasteiger partial charge in [-0.1, -0.05) is 44.2 Å². The van der Waals surface area contributed by atoms with Crippen LogP contribution in [0.2, 0.25) is 0 Å². The van der Waals surface area contributed by atoms with Gasteiger partial charge in [-0.2, -0.15) is 0 Å². The van der Waals surface area contributed by atoms with E-state index in [1.165, 1.54) is 5.56 Å². The van der Waals surface area contributed by atoms with Gasteiger partial charge >= 0.3 is 0 Å². The molecule has 0 saturated heterocycles. The molecule has 0 radical (unpaired) electrons. The molecule has 2 N–H and O–H groups in total. The summed E-state index contributed by atoms with van der Waals surface area (Å²) >= 11 is 0. The molecule has 1 aromatic carbocycles. The summed E-state index contributed by atoms with van der Waals surface area (Å²) in [7, 11) is 0. The smallest absolute Gasteiger partial charge is 0.00277 e. The molecule has 86 valence electrons. The van der Waals surface area contributed by atoms with Gasteiger partial charge in [0.25, 0.3) is 0 Å². The van der Waals surface area contributed by atoms with Crippen LogP contribution in [0.3, 0.4) is 0 Å². The van der Waals surface area contributed by atoms with E-state index in [1.807, 2.05) is 6.07 Å². The molecule has 0 heterocycles. The lowest BCUT2D eigenvalue weighted by atomic mass is 10.0. The van der Waals surface area contributed by atoms with Gasteiger partial charge in [0.1, 0.15) is 0 Å². The predicted octanol–water partition coefficient (Wildman–Crippen LogP) is 2.55. The lowest BCUT2D eigenvalue weighted by Gasteiger charge is -2.01. The zero-order chi connectivity index (χ0) is 11.5. The van der Waals surface area contributed by atoms with Crippen LogP contribution in [0.25, 0.3) is 0 Å². The van der Waals surface area contributed by atoms with E-state index in [0.717, 1.165) is 0 Å². The van der Waals surface area contributed by atoms with Crippen LogP contribution in [0.4, 0.5) is 0 Å². The van der Waals surface area contributed by atoms with Gasteiger partial charge in [-0.05, 0) is 31.6 Å². The fraction of sp³-hybridized carbons (Fsp3) is 0.333. The van der Waals surface area contributed by atoms with Crippen LogP contribution in [-0.4, -0.2) is 10.5 Å². The van der Waals surface area contributed by atoms with Gasteiger partial charge < -0.3 is 0 Å². The maximum Gasteiger partial charge on any atom is -0.00277 e. The van der Waals surface area contributed by atoms with E-state index >= 15 is 0 Å². The van der Waals surface area contributed by atoms with Crippen molar-refractivity contribution in [2.24, 2.45) is 0 Å². The molecule has 1 aromatic rings. The molecule has 0 spiro atoms. The molecule has 0 aliphatic heterocycles. The van der Waals surface area contributed by atoms with Crippen molar-refractivity contribution in [1.29, 1.82) is 0 Å². The summed E-state index contributed by atoms with van der Waals surface area (Å²) in [6, 6.07) is 10.5. The van der Waals surface area contributed by atoms with Crippen LogP contribution in [0, 0.1) is 0 Å². The summed E-state index contributed by atoms with van der Waals surface area (Å²) in [4.78, 5) is 0. The molecule has 0 bridgehead atoms. The topological polar surface area (TPSA) is 77.4 Å². The average Bonchev–Trinajstić information content (AvgIpc) is 2.28. The van der Waals surface area contributed by atoms with Gasteiger partial charge in [-0.3, -0.25) is 0 Å². The number of hydrogen-bond acceptors (Lipinski definition) is 6. The van der Waals surface area contributed by atoms with Crippen LogP contribution >= 0.6 is 0 Å². The highest BCUT2D eigenvalue weighted by atomic mass is 17.8. The maximum atomic E-state index is 7.16. The lowest BCUT2D eigenvalue weighted by Crippen LogP contribution is -1.90. The molecule has 0 aromatic heterocycles. The molecule has 0 atom stereocenters. The second-order valence-electron chi connectivity index (χ2n) is 2.85. The van der Waals surface area contributed by atoms with Crippen LogP contribution < -0.4 is 0 Å². The first-order chi connectivity index (χ1) is 7.22. The first-order valence-electron chi connectivity index (χ1n) is 4.22. The summed E-state index contributed by atoms with van der Waals surface area (Å²) in [6.45, 7) is 4.41. The summed E-state index contributed by atoms with van der Waals surface area (Å²) in [5, 5.41) is 26.0. The van der Waals surface area contributed by atoms with Crippen molar-refractivity contribution in [3.8, 4) is 0 Å². The van der Waals surface area contributed by atoms with E-state index in [-0.39, 0.29) is 0 Å². The fourth-order valence-corrected chi connectivity index (χ4v) is 0.863. The zero-order valence-electron chi connectivity index (χ0n) is 8.49. The third kappa shape index (κ3) is 8.01. The highest BCUT2D eigenvalue weighted by Gasteiger charge is 1.93. The highest BCUT2D eigenvalue weighted by molar-refractivity contribution is 5.17. The molecule has 0 amide bonds. The third-order valence-electron chi connectivity index (χ3n) is 1.55. The van der Waals surface area contributed by atoms with Crippen molar-refractivity contribution in [3.63, 3.8) is 0 Å². The van der Waals surface area contributed by atoms with E-state index in [4.69, 9.17) is 10.5 Å². The van der Waals surface area contributed by atoms with E-state index in [2.05, 4.69) is 58.3 Å². The Hall–Kier alpha value is -1.02. The van der Waals surface area contributed by atoms with Crippen molar-refractivity contribution in [1.82, 2.24) is 0 Å². The molecule has 0 aliphatic rings. The minimum atomic E-state index is 0.659. The Balaban J connectivity index is 0.000000288. The van der Waals surface area contributed by atoms with E-state index < -0.39 is 0 Å². The predicted molar refractivity (Wildman–Crippen MR) is 50.1 cm³/mol. The number of rotatable bonds is 4. The standard InChI is InChI=1S/C9H12.H2O6/c1-8(2)9-6-4-3-5-7-9;1-3-5-6-4-2/h3-8H,1-2H3;1-2H. The van der Waals surface area contributed by atoms with Crippen LogP contribution in [-0.2, 0) is 20.2 Å². The molecular weight excluding hydrogens is 204 g/mol. The average molecular weight is 218 g/mol. The SMILES string of the molecule is CC(C)c1ccccc1.OOOOOO. The molecule has 0 unspecified atom stereocenters. The largest absolute Gasteiger partial charge is 0.219 e. The van der Waals surface area contributed by atoms with Crippen molar-refractivity contribution in [2.45, 2.75) is 19.8 Å². The Bertz CT molecular complexity index is 221. The monoisotopic (exact) mass is 218 g/mol. The van der Waals surface area contributed by atoms with E-state index in [9.17, 15) is 0 Å². The first kappa shape index (κ1) is 14.0. The van der Waals surface area contributed by atoms with Gasteiger partial charge in [0.05, 0.1) is 0 Å². The first-order valence-corrected chi connectivity index (χ1v) is 4.22. The fourth-order valence-electron chi connectivity index (χ4n) is 0.863. The Morgan fingerprint density at radius 1 is 0.933 bits per heavy atom. The van der Waals surface area contributed by atoms with Gasteiger partial charge in [0.15, 0.2) is 0 Å². The Labute approximate surface area is 87.2 Å². The second kappa shape index (κ2) is 9.53. The van der Waals surface area contributed by atoms with Crippen molar-refractivity contribution in [3.05, 3.63) is 35.9 Å². The molecule has 0 aliphatic carbocycles. The number of benzene rings is 1. The Kier molecular flexibility index (Phi) is 8.88. The van der Waals surface area contributed by atoms with Gasteiger partial charge in [0, 0.05) is 0 Å². The summed E-state index contributed by atoms with van der Waals surface area (Å²) in [6.07, 6.45) is 0. The lowest BCUT2D eigenvalue weighted by molar-refractivity contribution is -0.749. The van der Waals surface area contributed by atoms with Gasteiger partial charge in [-0.15, -0.1) is 0 Å². The minimum Gasteiger partial charge on any atom is -0.219 e. The van der Waals surface area contributed by atoms with Crippen LogP contribution in [0.1, 0.15) is 25.3 Å². The van der Waals surface area contributed by atoms with Crippen molar-refractivity contribution < 1.29 is 30.7 Å². The summed E-state index contributed by atoms with van der Waals surface area (Å²) in [5.74, 6) is 0.659. The molecule has 0 saturated carbocycles. The molecule has 0 fully saturated rings. The molecular formula is C9H14O6. The Morgan fingerprint density at radius 2 is 1.40 bits per heavy atom. The zero-order valence-corrected chi connectivity index (χ0v) is 8.49. The van der Waals surface area contributed by atoms with Gasteiger partial charge in [0.2, 0.25) is 0 Å². The highest BCUT2D eigenvalue weighted by Crippen LogP contribution is 2.11. The molecule has 6 nitrogen and oxygen atoms in total. The molecule has 1 rings (SSSR count). The van der Waals surface area contributed by atoms with Crippen LogP contribution in [0.5, 0.6) is 0 Å². The van der Waals surface area contributed by atoms with E-state index in [1.54, 1.807) is 0 Å². The second-order valence-corrected chi connectivity index (χ2v) is 2.85. The quantitative estimate of drug-likeness (QED) is 0.459. The third-order valence-corrected chi connectivity index (χ3v) is 1.55. The number of hydrogen-bond donors (Lipinski definition) is 2. The van der Waals surface area contributed by atoms with Crippen molar-refractivity contribution >= 4 is 0 Å².